The van der Waals surface area contributed by atoms with Crippen molar-refractivity contribution in [2.45, 2.75) is 6.61 Å². The van der Waals surface area contributed by atoms with Gasteiger partial charge >= 0.3 is 0 Å². The predicted octanol–water partition coefficient (Wildman–Crippen LogP) is 5.34. The minimum atomic E-state index is -0.370. The van der Waals surface area contributed by atoms with Gasteiger partial charge in [0.1, 0.15) is 18.1 Å². The van der Waals surface area contributed by atoms with E-state index in [4.69, 9.17) is 32.7 Å². The number of rotatable bonds is 7. The van der Waals surface area contributed by atoms with Crippen LogP contribution in [0.4, 0.5) is 0 Å². The van der Waals surface area contributed by atoms with Crippen molar-refractivity contribution < 1.29 is 14.3 Å². The summed E-state index contributed by atoms with van der Waals surface area (Å²) in [5, 5.41) is 5.14. The molecule has 0 saturated carbocycles. The molecule has 7 heteroatoms. The Morgan fingerprint density at radius 1 is 1.03 bits per heavy atom. The monoisotopic (exact) mass is 428 g/mol. The molecule has 0 radical (unpaired) electrons. The first-order valence-electron chi connectivity index (χ1n) is 8.70. The fourth-order valence-corrected chi connectivity index (χ4v) is 3.03. The van der Waals surface area contributed by atoms with Crippen molar-refractivity contribution in [3.63, 3.8) is 0 Å². The first kappa shape index (κ1) is 20.7. The van der Waals surface area contributed by atoms with E-state index in [2.05, 4.69) is 10.5 Å². The fourth-order valence-electron chi connectivity index (χ4n) is 2.57. The zero-order valence-corrected chi connectivity index (χ0v) is 17.1. The number of hydrazone groups is 1. The van der Waals surface area contributed by atoms with Crippen LogP contribution in [0, 0.1) is 0 Å². The van der Waals surface area contributed by atoms with Crippen LogP contribution >= 0.6 is 23.2 Å². The number of halogens is 2. The summed E-state index contributed by atoms with van der Waals surface area (Å²) in [6, 6.07) is 19.5. The van der Waals surface area contributed by atoms with Crippen LogP contribution in [-0.2, 0) is 6.61 Å². The van der Waals surface area contributed by atoms with E-state index in [1.54, 1.807) is 36.4 Å². The fraction of sp³-hybridized carbons (Fsp3) is 0.0909. The third kappa shape index (κ3) is 5.50. The van der Waals surface area contributed by atoms with E-state index in [1.165, 1.54) is 13.3 Å². The molecule has 29 heavy (non-hydrogen) atoms. The quantitative estimate of drug-likeness (QED) is 0.407. The van der Waals surface area contributed by atoms with Crippen molar-refractivity contribution in [2.24, 2.45) is 5.10 Å². The molecule has 0 aliphatic rings. The summed E-state index contributed by atoms with van der Waals surface area (Å²) in [5.41, 5.74) is 4.41. The third-order valence-electron chi connectivity index (χ3n) is 4.04. The lowest BCUT2D eigenvalue weighted by atomic mass is 10.2. The summed E-state index contributed by atoms with van der Waals surface area (Å²) in [7, 11) is 1.51. The number of para-hydroxylation sites is 2. The molecule has 0 spiro atoms. The van der Waals surface area contributed by atoms with Crippen LogP contribution in [-0.4, -0.2) is 19.2 Å². The second-order valence-electron chi connectivity index (χ2n) is 5.96. The van der Waals surface area contributed by atoms with Crippen molar-refractivity contribution in [3.8, 4) is 11.5 Å². The number of carbonyl (C=O) groups is 1. The maximum atomic E-state index is 12.3. The van der Waals surface area contributed by atoms with Gasteiger partial charge in [0.25, 0.3) is 5.91 Å². The van der Waals surface area contributed by atoms with Crippen molar-refractivity contribution in [2.75, 3.05) is 7.11 Å². The molecular formula is C22H18Cl2N2O3. The van der Waals surface area contributed by atoms with Gasteiger partial charge in [-0.2, -0.15) is 5.10 Å². The average Bonchev–Trinajstić information content (AvgIpc) is 2.74. The Morgan fingerprint density at radius 3 is 2.52 bits per heavy atom. The highest BCUT2D eigenvalue weighted by Gasteiger charge is 2.10. The number of methoxy groups -OCH3 is 1. The van der Waals surface area contributed by atoms with E-state index in [1.807, 2.05) is 30.3 Å². The molecule has 0 unspecified atom stereocenters. The maximum Gasteiger partial charge on any atom is 0.275 e. The van der Waals surface area contributed by atoms with Crippen molar-refractivity contribution in [1.82, 2.24) is 5.43 Å². The van der Waals surface area contributed by atoms with Crippen LogP contribution in [0.5, 0.6) is 11.5 Å². The zero-order valence-electron chi connectivity index (χ0n) is 15.6. The summed E-state index contributed by atoms with van der Waals surface area (Å²) in [5.74, 6) is 0.711. The van der Waals surface area contributed by atoms with Crippen LogP contribution in [0.3, 0.4) is 0 Å². The Hall–Kier alpha value is -3.02. The van der Waals surface area contributed by atoms with Gasteiger partial charge in [0, 0.05) is 21.2 Å². The molecule has 0 aliphatic heterocycles. The van der Waals surface area contributed by atoms with Gasteiger partial charge in [-0.1, -0.05) is 53.5 Å². The molecule has 148 valence electrons. The van der Waals surface area contributed by atoms with Gasteiger partial charge in [0.15, 0.2) is 0 Å². The Bertz CT molecular complexity index is 1040. The highest BCUT2D eigenvalue weighted by atomic mass is 35.5. The Kier molecular flexibility index (Phi) is 7.11. The first-order valence-corrected chi connectivity index (χ1v) is 9.46. The minimum Gasteiger partial charge on any atom is -0.496 e. The van der Waals surface area contributed by atoms with E-state index >= 15 is 0 Å². The molecule has 3 rings (SSSR count). The minimum absolute atomic E-state index is 0.272. The van der Waals surface area contributed by atoms with Gasteiger partial charge in [-0.3, -0.25) is 4.79 Å². The van der Waals surface area contributed by atoms with Gasteiger partial charge in [0.2, 0.25) is 0 Å². The number of hydrogen-bond donors (Lipinski definition) is 1. The summed E-state index contributed by atoms with van der Waals surface area (Å²) in [4.78, 5) is 12.3. The Balaban J connectivity index is 1.68. The topological polar surface area (TPSA) is 59.9 Å². The first-order chi connectivity index (χ1) is 14.1. The van der Waals surface area contributed by atoms with Crippen molar-refractivity contribution >= 4 is 35.3 Å². The van der Waals surface area contributed by atoms with Crippen LogP contribution in [0.1, 0.15) is 21.5 Å². The predicted molar refractivity (Wildman–Crippen MR) is 115 cm³/mol. The van der Waals surface area contributed by atoms with Gasteiger partial charge in [-0.15, -0.1) is 0 Å². The standard InChI is InChI=1S/C22H18Cl2N2O3/c1-28-21-9-5-3-7-18(21)22(27)26-25-13-15-6-2-4-8-20(15)29-14-16-10-11-17(23)12-19(16)24/h2-13H,14H2,1H3,(H,26,27)/b25-13+. The molecule has 1 N–H and O–H groups in total. The lowest BCUT2D eigenvalue weighted by Gasteiger charge is -2.10. The van der Waals surface area contributed by atoms with Gasteiger partial charge < -0.3 is 9.47 Å². The summed E-state index contributed by atoms with van der Waals surface area (Å²) in [6.07, 6.45) is 1.52. The van der Waals surface area contributed by atoms with Crippen LogP contribution in [0.15, 0.2) is 71.8 Å². The second kappa shape index (κ2) is 9.96. The molecule has 3 aromatic rings. The number of carbonyl (C=O) groups excluding carboxylic acids is 1. The molecule has 1 amide bonds. The van der Waals surface area contributed by atoms with E-state index in [9.17, 15) is 4.79 Å². The van der Waals surface area contributed by atoms with E-state index in [-0.39, 0.29) is 12.5 Å². The van der Waals surface area contributed by atoms with Gasteiger partial charge in [-0.25, -0.2) is 5.43 Å². The normalized spacial score (nSPS) is 10.7. The molecule has 0 aliphatic carbocycles. The molecule has 0 heterocycles. The van der Waals surface area contributed by atoms with Crippen LogP contribution in [0.25, 0.3) is 0 Å². The van der Waals surface area contributed by atoms with Gasteiger partial charge in [0.05, 0.1) is 18.9 Å². The Morgan fingerprint density at radius 2 is 1.76 bits per heavy atom. The number of nitrogens with zero attached hydrogens (tertiary/aromatic N) is 1. The van der Waals surface area contributed by atoms with E-state index in [0.717, 1.165) is 5.56 Å². The molecule has 0 aromatic heterocycles. The summed E-state index contributed by atoms with van der Waals surface area (Å²) >= 11 is 12.1. The van der Waals surface area contributed by atoms with Gasteiger partial charge in [-0.05, 0) is 36.4 Å². The summed E-state index contributed by atoms with van der Waals surface area (Å²) < 4.78 is 11.1. The smallest absolute Gasteiger partial charge is 0.275 e. The van der Waals surface area contributed by atoms with E-state index in [0.29, 0.717) is 32.7 Å². The second-order valence-corrected chi connectivity index (χ2v) is 6.81. The highest BCUT2D eigenvalue weighted by molar-refractivity contribution is 6.35. The molecule has 3 aromatic carbocycles. The van der Waals surface area contributed by atoms with Crippen LogP contribution in [0.2, 0.25) is 10.0 Å². The number of nitrogens with one attached hydrogen (secondary N) is 1. The number of hydrogen-bond acceptors (Lipinski definition) is 4. The Labute approximate surface area is 178 Å². The summed E-state index contributed by atoms with van der Waals surface area (Å²) in [6.45, 7) is 0.272. The third-order valence-corrected chi connectivity index (χ3v) is 4.63. The highest BCUT2D eigenvalue weighted by Crippen LogP contribution is 2.24. The zero-order chi connectivity index (χ0) is 20.6. The molecule has 0 saturated heterocycles. The lowest BCUT2D eigenvalue weighted by molar-refractivity contribution is 0.0952. The molecular weight excluding hydrogens is 411 g/mol. The molecule has 0 atom stereocenters. The maximum absolute atomic E-state index is 12.3. The average molecular weight is 429 g/mol. The van der Waals surface area contributed by atoms with Crippen LogP contribution < -0.4 is 14.9 Å². The molecule has 0 bridgehead atoms. The lowest BCUT2D eigenvalue weighted by Crippen LogP contribution is -2.18. The van der Waals surface area contributed by atoms with E-state index < -0.39 is 0 Å². The SMILES string of the molecule is COc1ccccc1C(=O)N/N=C/c1ccccc1OCc1ccc(Cl)cc1Cl. The number of amides is 1. The van der Waals surface area contributed by atoms with Crippen molar-refractivity contribution in [3.05, 3.63) is 93.5 Å². The number of ether oxygens (including phenoxy) is 2. The largest absolute Gasteiger partial charge is 0.496 e. The molecule has 5 nitrogen and oxygen atoms in total. The number of benzene rings is 3. The van der Waals surface area contributed by atoms with Crippen molar-refractivity contribution in [1.29, 1.82) is 0 Å². The molecule has 0 fully saturated rings.